The molecule has 1 fully saturated rings. The van der Waals surface area contributed by atoms with Crippen LogP contribution in [0.3, 0.4) is 0 Å². The number of hydrogen-bond donors (Lipinski definition) is 1. The molecule has 17 heavy (non-hydrogen) atoms. The van der Waals surface area contributed by atoms with Crippen molar-refractivity contribution >= 4 is 0 Å². The molecule has 0 aliphatic carbocycles. The van der Waals surface area contributed by atoms with E-state index < -0.39 is 0 Å². The highest BCUT2D eigenvalue weighted by molar-refractivity contribution is 5.09. The number of aromatic nitrogens is 1. The summed E-state index contributed by atoms with van der Waals surface area (Å²) in [5.41, 5.74) is 1.33. The predicted octanol–water partition coefficient (Wildman–Crippen LogP) is 1.40. The Labute approximate surface area is 103 Å². The standard InChI is InChI=1S/C13H22N2O2/c1-2-4-15-5-3-12(10-15)8-14-9-13-11-16-6-7-17-13/h3,5,10,13-14H,2,4,6-9,11H2,1H3. The minimum absolute atomic E-state index is 0.210. The average Bonchev–Trinajstić information content (AvgIpc) is 2.79. The van der Waals surface area contributed by atoms with Gasteiger partial charge < -0.3 is 19.4 Å². The van der Waals surface area contributed by atoms with E-state index >= 15 is 0 Å². The van der Waals surface area contributed by atoms with Gasteiger partial charge in [0.1, 0.15) is 0 Å². The molecule has 1 aromatic heterocycles. The molecule has 96 valence electrons. The molecule has 4 nitrogen and oxygen atoms in total. The fourth-order valence-electron chi connectivity index (χ4n) is 2.02. The summed E-state index contributed by atoms with van der Waals surface area (Å²) in [5.74, 6) is 0. The monoisotopic (exact) mass is 238 g/mol. The molecule has 0 radical (unpaired) electrons. The molecule has 1 aromatic rings. The molecule has 1 aliphatic heterocycles. The van der Waals surface area contributed by atoms with Gasteiger partial charge in [-0.1, -0.05) is 6.92 Å². The van der Waals surface area contributed by atoms with Crippen LogP contribution in [0.5, 0.6) is 0 Å². The zero-order valence-corrected chi connectivity index (χ0v) is 10.5. The molecular formula is C13H22N2O2. The molecule has 1 unspecified atom stereocenters. The van der Waals surface area contributed by atoms with E-state index in [1.807, 2.05) is 0 Å². The summed E-state index contributed by atoms with van der Waals surface area (Å²) < 4.78 is 13.2. The highest BCUT2D eigenvalue weighted by Gasteiger charge is 2.13. The van der Waals surface area contributed by atoms with Gasteiger partial charge in [-0.25, -0.2) is 0 Å². The van der Waals surface area contributed by atoms with Crippen LogP contribution in [0.4, 0.5) is 0 Å². The van der Waals surface area contributed by atoms with Gasteiger partial charge in [-0.05, 0) is 18.1 Å². The van der Waals surface area contributed by atoms with E-state index in [2.05, 4.69) is 35.3 Å². The molecule has 0 amide bonds. The molecule has 2 rings (SSSR count). The van der Waals surface area contributed by atoms with Gasteiger partial charge in [0.15, 0.2) is 0 Å². The fraction of sp³-hybridized carbons (Fsp3) is 0.692. The second kappa shape index (κ2) is 6.79. The first-order valence-corrected chi connectivity index (χ1v) is 6.43. The SMILES string of the molecule is CCCn1ccc(CNCC2COCCO2)c1. The van der Waals surface area contributed by atoms with Crippen LogP contribution in [0.15, 0.2) is 18.5 Å². The molecular weight excluding hydrogens is 216 g/mol. The quantitative estimate of drug-likeness (QED) is 0.813. The molecule has 0 saturated carbocycles. The lowest BCUT2D eigenvalue weighted by molar-refractivity contribution is -0.0864. The van der Waals surface area contributed by atoms with Crippen molar-refractivity contribution in [3.63, 3.8) is 0 Å². The average molecular weight is 238 g/mol. The highest BCUT2D eigenvalue weighted by Crippen LogP contribution is 2.03. The third-order valence-corrected chi connectivity index (χ3v) is 2.88. The molecule has 2 heterocycles. The molecule has 1 saturated heterocycles. The fourth-order valence-corrected chi connectivity index (χ4v) is 2.02. The highest BCUT2D eigenvalue weighted by atomic mass is 16.6. The van der Waals surface area contributed by atoms with Crippen LogP contribution < -0.4 is 5.32 Å². The van der Waals surface area contributed by atoms with Gasteiger partial charge in [-0.3, -0.25) is 0 Å². The summed E-state index contributed by atoms with van der Waals surface area (Å²) in [4.78, 5) is 0. The summed E-state index contributed by atoms with van der Waals surface area (Å²) in [5, 5.41) is 3.41. The zero-order chi connectivity index (χ0) is 11.9. The second-order valence-electron chi connectivity index (χ2n) is 4.46. The maximum absolute atomic E-state index is 5.57. The molecule has 1 atom stereocenters. The van der Waals surface area contributed by atoms with Crippen LogP contribution in [0.25, 0.3) is 0 Å². The molecule has 0 bridgehead atoms. The van der Waals surface area contributed by atoms with Gasteiger partial charge in [-0.2, -0.15) is 0 Å². The molecule has 0 aromatic carbocycles. The van der Waals surface area contributed by atoms with Gasteiger partial charge in [0, 0.05) is 32.0 Å². The normalized spacial score (nSPS) is 20.6. The Balaban J connectivity index is 1.66. The number of nitrogens with one attached hydrogen (secondary N) is 1. The molecule has 1 aliphatic rings. The first kappa shape index (κ1) is 12.6. The maximum atomic E-state index is 5.57. The third-order valence-electron chi connectivity index (χ3n) is 2.88. The Bertz CT molecular complexity index is 319. The first-order valence-electron chi connectivity index (χ1n) is 6.43. The van der Waals surface area contributed by atoms with E-state index in [4.69, 9.17) is 9.47 Å². The van der Waals surface area contributed by atoms with Crippen LogP contribution in [0, 0.1) is 0 Å². The van der Waals surface area contributed by atoms with E-state index in [-0.39, 0.29) is 6.10 Å². The van der Waals surface area contributed by atoms with E-state index in [1.54, 1.807) is 0 Å². The molecule has 0 spiro atoms. The van der Waals surface area contributed by atoms with E-state index in [0.717, 1.165) is 32.8 Å². The Hall–Kier alpha value is -0.840. The maximum Gasteiger partial charge on any atom is 0.0933 e. The number of ether oxygens (including phenoxy) is 2. The van der Waals surface area contributed by atoms with Crippen molar-refractivity contribution in [2.24, 2.45) is 0 Å². The minimum atomic E-state index is 0.210. The Morgan fingerprint density at radius 2 is 2.41 bits per heavy atom. The Morgan fingerprint density at radius 3 is 3.18 bits per heavy atom. The van der Waals surface area contributed by atoms with E-state index in [9.17, 15) is 0 Å². The summed E-state index contributed by atoms with van der Waals surface area (Å²) in [6.07, 6.45) is 5.73. The lowest BCUT2D eigenvalue weighted by Crippen LogP contribution is -2.37. The van der Waals surface area contributed by atoms with Crippen molar-refractivity contribution in [3.8, 4) is 0 Å². The number of aryl methyl sites for hydroxylation is 1. The predicted molar refractivity (Wildman–Crippen MR) is 67.0 cm³/mol. The molecule has 1 N–H and O–H groups in total. The lowest BCUT2D eigenvalue weighted by atomic mass is 10.3. The van der Waals surface area contributed by atoms with Gasteiger partial charge in [0.25, 0.3) is 0 Å². The van der Waals surface area contributed by atoms with Gasteiger partial charge in [0.05, 0.1) is 25.9 Å². The van der Waals surface area contributed by atoms with Crippen LogP contribution in [0.1, 0.15) is 18.9 Å². The number of rotatable bonds is 6. The molecule has 4 heteroatoms. The Morgan fingerprint density at radius 1 is 1.47 bits per heavy atom. The van der Waals surface area contributed by atoms with Crippen molar-refractivity contribution in [2.45, 2.75) is 32.5 Å². The summed E-state index contributed by atoms with van der Waals surface area (Å²) in [6.45, 7) is 7.22. The number of nitrogens with zero attached hydrogens (tertiary/aromatic N) is 1. The van der Waals surface area contributed by atoms with Gasteiger partial charge in [-0.15, -0.1) is 0 Å². The van der Waals surface area contributed by atoms with Crippen LogP contribution in [-0.2, 0) is 22.6 Å². The summed E-state index contributed by atoms with van der Waals surface area (Å²) >= 11 is 0. The zero-order valence-electron chi connectivity index (χ0n) is 10.5. The van der Waals surface area contributed by atoms with Crippen molar-refractivity contribution in [1.82, 2.24) is 9.88 Å². The first-order chi connectivity index (χ1) is 8.38. The van der Waals surface area contributed by atoms with Crippen molar-refractivity contribution in [1.29, 1.82) is 0 Å². The second-order valence-corrected chi connectivity index (χ2v) is 4.46. The smallest absolute Gasteiger partial charge is 0.0933 e. The summed E-state index contributed by atoms with van der Waals surface area (Å²) in [7, 11) is 0. The van der Waals surface area contributed by atoms with Crippen molar-refractivity contribution < 1.29 is 9.47 Å². The third kappa shape index (κ3) is 4.15. The van der Waals surface area contributed by atoms with Crippen molar-refractivity contribution in [3.05, 3.63) is 24.0 Å². The van der Waals surface area contributed by atoms with Crippen LogP contribution >= 0.6 is 0 Å². The minimum Gasteiger partial charge on any atom is -0.376 e. The van der Waals surface area contributed by atoms with Crippen LogP contribution in [-0.4, -0.2) is 37.0 Å². The van der Waals surface area contributed by atoms with Gasteiger partial charge >= 0.3 is 0 Å². The lowest BCUT2D eigenvalue weighted by Gasteiger charge is -2.23. The Kier molecular flexibility index (Phi) is 5.04. The van der Waals surface area contributed by atoms with E-state index in [0.29, 0.717) is 6.61 Å². The van der Waals surface area contributed by atoms with Gasteiger partial charge in [0.2, 0.25) is 0 Å². The van der Waals surface area contributed by atoms with E-state index in [1.165, 1.54) is 12.0 Å². The largest absolute Gasteiger partial charge is 0.376 e. The van der Waals surface area contributed by atoms with Crippen LogP contribution in [0.2, 0.25) is 0 Å². The topological polar surface area (TPSA) is 35.4 Å². The van der Waals surface area contributed by atoms with Crippen molar-refractivity contribution in [2.75, 3.05) is 26.4 Å². The summed E-state index contributed by atoms with van der Waals surface area (Å²) in [6, 6.07) is 2.17. The number of hydrogen-bond acceptors (Lipinski definition) is 3.